The minimum Gasteiger partial charge on any atom is -0.871 e. The van der Waals surface area contributed by atoms with E-state index in [2.05, 4.69) is 30.7 Å². The van der Waals surface area contributed by atoms with Crippen LogP contribution in [0.25, 0.3) is 11.4 Å². The zero-order chi connectivity index (χ0) is 35.9. The number of non-ortho nitro benzene ring substituents is 2. The van der Waals surface area contributed by atoms with Crippen LogP contribution in [0.15, 0.2) is 127 Å². The summed E-state index contributed by atoms with van der Waals surface area (Å²) in [7, 11) is 0. The summed E-state index contributed by atoms with van der Waals surface area (Å²) >= 11 is 0. The number of aryl methyl sites for hydroxylation is 2. The molecule has 0 aliphatic rings. The van der Waals surface area contributed by atoms with Crippen LogP contribution in [-0.4, -0.2) is 19.2 Å². The fourth-order valence-corrected chi connectivity index (χ4v) is 4.32. The number of hydrogen-bond donors (Lipinski definition) is 0. The molecule has 0 N–H and O–H groups in total. The van der Waals surface area contributed by atoms with Gasteiger partial charge < -0.3 is 29.8 Å². The van der Waals surface area contributed by atoms with Gasteiger partial charge in [0.25, 0.3) is 22.5 Å². The van der Waals surface area contributed by atoms with Crippen LogP contribution in [0.3, 0.4) is 0 Å². The summed E-state index contributed by atoms with van der Waals surface area (Å²) in [6.45, 7) is 3.17. The summed E-state index contributed by atoms with van der Waals surface area (Å²) < 4.78 is 2.35. The van der Waals surface area contributed by atoms with E-state index >= 15 is 0 Å². The monoisotopic (exact) mass is 727 g/mol. The van der Waals surface area contributed by atoms with E-state index in [4.69, 9.17) is 0 Å². The summed E-state index contributed by atoms with van der Waals surface area (Å²) in [5.41, 5.74) is -0.277. The van der Waals surface area contributed by atoms with Crippen molar-refractivity contribution in [3.63, 3.8) is 0 Å². The minimum absolute atomic E-state index is 0. The number of hydrogen-bond acceptors (Lipinski definition) is 12. The Hall–Kier alpha value is -6.97. The van der Waals surface area contributed by atoms with Gasteiger partial charge in [-0.05, 0) is 24.3 Å². The first-order valence-corrected chi connectivity index (χ1v) is 14.3. The average molecular weight is 728 g/mol. The SMILES string of the molecule is Cc1[n-]n(-c2ccccc2)c(=O)c1N=Nc1cc([N+](=O)[O-])ccc1[O-].Cc1[n-]n(-c2ccccc2)c(=O)c1N=Nc1cc([N+](=O)[O-])ccc1[O-].[Cr+3].[H+]. The minimum atomic E-state index is -0.643. The van der Waals surface area contributed by atoms with Gasteiger partial charge in [-0.3, -0.25) is 29.8 Å². The Bertz CT molecular complexity index is 2220. The van der Waals surface area contributed by atoms with E-state index in [9.17, 15) is 40.0 Å². The van der Waals surface area contributed by atoms with Gasteiger partial charge in [-0.15, -0.1) is 21.6 Å². The van der Waals surface area contributed by atoms with E-state index in [1.807, 2.05) is 12.1 Å². The molecule has 4 aromatic carbocycles. The molecule has 19 heteroatoms. The Labute approximate surface area is 298 Å². The van der Waals surface area contributed by atoms with Gasteiger partial charge in [0.05, 0.1) is 21.2 Å². The summed E-state index contributed by atoms with van der Waals surface area (Å²) in [5.74, 6) is -1.06. The molecular formula is C32H23CrN10O8. The van der Waals surface area contributed by atoms with Crippen molar-refractivity contribution in [3.8, 4) is 22.9 Å². The predicted octanol–water partition coefficient (Wildman–Crippen LogP) is 5.11. The van der Waals surface area contributed by atoms with Crippen LogP contribution in [0.1, 0.15) is 12.8 Å². The van der Waals surface area contributed by atoms with Crippen LogP contribution >= 0.6 is 0 Å². The second kappa shape index (κ2) is 16.0. The number of para-hydroxylation sites is 2. The molecule has 51 heavy (non-hydrogen) atoms. The van der Waals surface area contributed by atoms with Gasteiger partial charge >= 0.3 is 18.8 Å². The first-order valence-electron chi connectivity index (χ1n) is 14.3. The Kier molecular flexibility index (Phi) is 11.5. The molecular weight excluding hydrogens is 704 g/mol. The zero-order valence-electron chi connectivity index (χ0n) is 27.4. The van der Waals surface area contributed by atoms with Gasteiger partial charge in [-0.1, -0.05) is 73.9 Å². The molecule has 6 rings (SSSR count). The molecule has 0 atom stereocenters. The van der Waals surface area contributed by atoms with Gasteiger partial charge in [-0.2, -0.15) is 10.2 Å². The van der Waals surface area contributed by atoms with Crippen LogP contribution in [0.4, 0.5) is 34.1 Å². The van der Waals surface area contributed by atoms with Crippen molar-refractivity contribution in [3.05, 3.63) is 149 Å². The second-order valence-electron chi connectivity index (χ2n) is 10.2. The molecule has 0 unspecified atom stereocenters. The normalized spacial score (nSPS) is 10.9. The van der Waals surface area contributed by atoms with E-state index in [0.717, 1.165) is 36.4 Å². The average Bonchev–Trinajstić information content (AvgIpc) is 3.56. The van der Waals surface area contributed by atoms with E-state index < -0.39 is 32.5 Å². The van der Waals surface area contributed by atoms with Gasteiger partial charge in [0, 0.05) is 35.6 Å². The van der Waals surface area contributed by atoms with Crippen LogP contribution in [-0.2, 0) is 17.4 Å². The van der Waals surface area contributed by atoms with Crippen LogP contribution in [0, 0.1) is 34.1 Å². The number of azo groups is 2. The molecule has 2 aromatic heterocycles. The molecule has 0 saturated heterocycles. The van der Waals surface area contributed by atoms with Crippen molar-refractivity contribution in [2.45, 2.75) is 13.8 Å². The largest absolute Gasteiger partial charge is 3.00 e. The molecule has 0 bridgehead atoms. The topological polar surface area (TPSA) is 254 Å². The Morgan fingerprint density at radius 3 is 1.27 bits per heavy atom. The van der Waals surface area contributed by atoms with Crippen molar-refractivity contribution >= 4 is 34.1 Å². The van der Waals surface area contributed by atoms with Crippen molar-refractivity contribution in [2.24, 2.45) is 20.5 Å². The Morgan fingerprint density at radius 1 is 0.588 bits per heavy atom. The molecule has 2 heterocycles. The number of aromatic nitrogens is 4. The third-order valence-corrected chi connectivity index (χ3v) is 6.80. The Morgan fingerprint density at radius 2 is 0.941 bits per heavy atom. The molecule has 18 nitrogen and oxygen atoms in total. The molecule has 1 radical (unpaired) electrons. The molecule has 0 aliphatic heterocycles. The fraction of sp³-hybridized carbons (Fsp3) is 0.0625. The molecule has 0 aliphatic carbocycles. The quantitative estimate of drug-likeness (QED) is 0.114. The summed E-state index contributed by atoms with van der Waals surface area (Å²) in [4.78, 5) is 45.1. The number of nitrogens with zero attached hydrogens (tertiary/aromatic N) is 10. The van der Waals surface area contributed by atoms with E-state index in [0.29, 0.717) is 22.8 Å². The maximum atomic E-state index is 12.4. The number of nitro benzene ring substituents is 2. The van der Waals surface area contributed by atoms with Gasteiger partial charge in [0.15, 0.2) is 0 Å². The molecule has 6 aromatic rings. The van der Waals surface area contributed by atoms with E-state index in [1.165, 1.54) is 9.36 Å². The summed E-state index contributed by atoms with van der Waals surface area (Å²) in [5, 5.41) is 68.3. The molecule has 0 amide bonds. The van der Waals surface area contributed by atoms with Gasteiger partial charge in [-0.25, -0.2) is 0 Å². The summed E-state index contributed by atoms with van der Waals surface area (Å²) in [6.07, 6.45) is 0. The van der Waals surface area contributed by atoms with Crippen molar-refractivity contribution < 1.29 is 38.8 Å². The molecule has 0 saturated carbocycles. The van der Waals surface area contributed by atoms with Gasteiger partial charge in [0.2, 0.25) is 0 Å². The molecule has 255 valence electrons. The van der Waals surface area contributed by atoms with Crippen LogP contribution in [0.2, 0.25) is 0 Å². The molecule has 0 spiro atoms. The van der Waals surface area contributed by atoms with Crippen LogP contribution < -0.4 is 31.5 Å². The number of rotatable bonds is 8. The zero-order valence-corrected chi connectivity index (χ0v) is 27.7. The second-order valence-corrected chi connectivity index (χ2v) is 10.2. The predicted molar refractivity (Wildman–Crippen MR) is 175 cm³/mol. The third kappa shape index (κ3) is 8.37. The smallest absolute Gasteiger partial charge is 0.871 e. The third-order valence-electron chi connectivity index (χ3n) is 6.80. The maximum absolute atomic E-state index is 12.4. The fourth-order valence-electron chi connectivity index (χ4n) is 4.32. The summed E-state index contributed by atoms with van der Waals surface area (Å²) in [6, 6.07) is 23.8. The van der Waals surface area contributed by atoms with E-state index in [-0.39, 0.29) is 52.9 Å². The van der Waals surface area contributed by atoms with Crippen molar-refractivity contribution in [1.29, 1.82) is 0 Å². The van der Waals surface area contributed by atoms with E-state index in [1.54, 1.807) is 62.4 Å². The number of benzene rings is 4. The first kappa shape index (κ1) is 36.9. The Balaban J connectivity index is 0.000000270. The van der Waals surface area contributed by atoms with Crippen LogP contribution in [0.5, 0.6) is 11.5 Å². The first-order chi connectivity index (χ1) is 23.9. The molecule has 0 fully saturated rings. The van der Waals surface area contributed by atoms with Gasteiger partial charge in [0.1, 0.15) is 11.4 Å². The van der Waals surface area contributed by atoms with Crippen molar-refractivity contribution in [1.82, 2.24) is 19.6 Å². The maximum Gasteiger partial charge on any atom is 3.00 e. The number of nitro groups is 2. The van der Waals surface area contributed by atoms with Crippen molar-refractivity contribution in [2.75, 3.05) is 0 Å². The standard InChI is InChI=1S/2C16H13N5O4.Cr/c2*1-10-15(16(23)20(19-10)11-5-3-2-4-6-11)18-17-13-9-12(21(24)25)7-8-14(13)22;/h2*2-9H,1H3,(H2,17,18,19,22,23);/q;;+3/p-3.